The number of carbonyl (C=O) groups excluding carboxylic acids is 2. The van der Waals surface area contributed by atoms with E-state index in [1.54, 1.807) is 20.8 Å². The SMILES string of the molecule is CC(C)(C)C(=O)OCCOCC(O)OC(=O)C1CCCCC1. The maximum absolute atomic E-state index is 11.8. The summed E-state index contributed by atoms with van der Waals surface area (Å²) in [5, 5.41) is 9.61. The quantitative estimate of drug-likeness (QED) is 0.440. The van der Waals surface area contributed by atoms with Crippen LogP contribution in [0.2, 0.25) is 0 Å². The van der Waals surface area contributed by atoms with Crippen LogP contribution in [0.5, 0.6) is 0 Å². The molecule has 22 heavy (non-hydrogen) atoms. The van der Waals surface area contributed by atoms with Gasteiger partial charge in [0.15, 0.2) is 0 Å². The number of esters is 2. The van der Waals surface area contributed by atoms with E-state index in [1.807, 2.05) is 0 Å². The summed E-state index contributed by atoms with van der Waals surface area (Å²) in [7, 11) is 0. The van der Waals surface area contributed by atoms with Crippen LogP contribution in [0.1, 0.15) is 52.9 Å². The molecular weight excluding hydrogens is 288 g/mol. The van der Waals surface area contributed by atoms with E-state index in [1.165, 1.54) is 0 Å². The minimum absolute atomic E-state index is 0.101. The first-order chi connectivity index (χ1) is 10.3. The zero-order chi connectivity index (χ0) is 16.6. The Balaban J connectivity index is 2.09. The molecule has 128 valence electrons. The third kappa shape index (κ3) is 7.22. The largest absolute Gasteiger partial charge is 0.463 e. The Morgan fingerprint density at radius 2 is 1.77 bits per heavy atom. The van der Waals surface area contributed by atoms with E-state index in [0.717, 1.165) is 32.1 Å². The molecule has 6 nitrogen and oxygen atoms in total. The molecule has 0 aromatic carbocycles. The highest BCUT2D eigenvalue weighted by molar-refractivity contribution is 5.75. The molecule has 0 aliphatic heterocycles. The Hall–Kier alpha value is -1.14. The number of ether oxygens (including phenoxy) is 3. The zero-order valence-corrected chi connectivity index (χ0v) is 13.8. The van der Waals surface area contributed by atoms with Crippen molar-refractivity contribution in [2.75, 3.05) is 19.8 Å². The van der Waals surface area contributed by atoms with Gasteiger partial charge < -0.3 is 19.3 Å². The highest BCUT2D eigenvalue weighted by Crippen LogP contribution is 2.24. The van der Waals surface area contributed by atoms with E-state index in [0.29, 0.717) is 0 Å². The van der Waals surface area contributed by atoms with Crippen molar-refractivity contribution in [1.82, 2.24) is 0 Å². The van der Waals surface area contributed by atoms with Crippen LogP contribution in [-0.2, 0) is 23.8 Å². The monoisotopic (exact) mass is 316 g/mol. The highest BCUT2D eigenvalue weighted by Gasteiger charge is 2.25. The molecule has 1 aliphatic carbocycles. The van der Waals surface area contributed by atoms with Gasteiger partial charge in [-0.05, 0) is 33.6 Å². The summed E-state index contributed by atoms with van der Waals surface area (Å²) in [5.41, 5.74) is -0.547. The van der Waals surface area contributed by atoms with E-state index in [4.69, 9.17) is 14.2 Å². The number of aliphatic hydroxyl groups is 1. The molecule has 1 rings (SSSR count). The summed E-state index contributed by atoms with van der Waals surface area (Å²) in [5.74, 6) is -0.758. The molecular formula is C16H28O6. The summed E-state index contributed by atoms with van der Waals surface area (Å²) in [6.07, 6.45) is 3.61. The molecule has 1 fully saturated rings. The summed E-state index contributed by atoms with van der Waals surface area (Å²) in [4.78, 5) is 23.3. The average Bonchev–Trinajstić information content (AvgIpc) is 2.46. The molecule has 1 N–H and O–H groups in total. The Morgan fingerprint density at radius 3 is 2.36 bits per heavy atom. The van der Waals surface area contributed by atoms with Crippen LogP contribution in [0.3, 0.4) is 0 Å². The first-order valence-electron chi connectivity index (χ1n) is 7.94. The number of hydrogen-bond acceptors (Lipinski definition) is 6. The Morgan fingerprint density at radius 1 is 1.14 bits per heavy atom. The maximum atomic E-state index is 11.8. The number of aliphatic hydroxyl groups excluding tert-OH is 1. The minimum Gasteiger partial charge on any atom is -0.463 e. The molecule has 0 radical (unpaired) electrons. The lowest BCUT2D eigenvalue weighted by molar-refractivity contribution is -0.183. The smallest absolute Gasteiger partial charge is 0.311 e. The van der Waals surface area contributed by atoms with Crippen molar-refractivity contribution in [3.05, 3.63) is 0 Å². The van der Waals surface area contributed by atoms with Crippen molar-refractivity contribution in [2.24, 2.45) is 11.3 Å². The van der Waals surface area contributed by atoms with Crippen LogP contribution in [0.4, 0.5) is 0 Å². The number of hydrogen-bond donors (Lipinski definition) is 1. The van der Waals surface area contributed by atoms with E-state index >= 15 is 0 Å². The average molecular weight is 316 g/mol. The van der Waals surface area contributed by atoms with Gasteiger partial charge >= 0.3 is 11.9 Å². The molecule has 1 atom stereocenters. The van der Waals surface area contributed by atoms with Crippen LogP contribution >= 0.6 is 0 Å². The van der Waals surface area contributed by atoms with Crippen molar-refractivity contribution in [3.8, 4) is 0 Å². The molecule has 1 saturated carbocycles. The molecule has 1 unspecified atom stereocenters. The normalized spacial score (nSPS) is 17.8. The van der Waals surface area contributed by atoms with Gasteiger partial charge in [-0.1, -0.05) is 19.3 Å². The van der Waals surface area contributed by atoms with E-state index < -0.39 is 11.7 Å². The van der Waals surface area contributed by atoms with E-state index in [9.17, 15) is 14.7 Å². The third-order valence-corrected chi connectivity index (χ3v) is 3.52. The van der Waals surface area contributed by atoms with Gasteiger partial charge in [-0.3, -0.25) is 9.59 Å². The minimum atomic E-state index is -1.27. The van der Waals surface area contributed by atoms with Gasteiger partial charge in [-0.15, -0.1) is 0 Å². The molecule has 0 aromatic rings. The molecule has 0 bridgehead atoms. The second kappa shape index (κ2) is 9.10. The molecule has 0 heterocycles. The van der Waals surface area contributed by atoms with Crippen molar-refractivity contribution in [1.29, 1.82) is 0 Å². The fourth-order valence-electron chi connectivity index (χ4n) is 2.20. The first kappa shape index (κ1) is 18.9. The molecule has 0 aromatic heterocycles. The lowest BCUT2D eigenvalue weighted by Crippen LogP contribution is -2.29. The van der Waals surface area contributed by atoms with E-state index in [-0.39, 0.29) is 37.7 Å². The highest BCUT2D eigenvalue weighted by atomic mass is 16.7. The van der Waals surface area contributed by atoms with Gasteiger partial charge in [0.2, 0.25) is 6.29 Å². The lowest BCUT2D eigenvalue weighted by Gasteiger charge is -2.21. The van der Waals surface area contributed by atoms with Crippen LogP contribution in [0, 0.1) is 11.3 Å². The summed E-state index contributed by atoms with van der Waals surface area (Å²) in [6.45, 7) is 5.45. The van der Waals surface area contributed by atoms with Crippen molar-refractivity contribution in [3.63, 3.8) is 0 Å². The molecule has 6 heteroatoms. The Kier molecular flexibility index (Phi) is 7.82. The Labute approximate surface area is 132 Å². The molecule has 1 aliphatic rings. The summed E-state index contributed by atoms with van der Waals surface area (Å²) < 4.78 is 15.1. The van der Waals surface area contributed by atoms with Crippen LogP contribution in [0.15, 0.2) is 0 Å². The van der Waals surface area contributed by atoms with Crippen molar-refractivity contribution in [2.45, 2.75) is 59.2 Å². The van der Waals surface area contributed by atoms with Gasteiger partial charge in [-0.25, -0.2) is 0 Å². The van der Waals surface area contributed by atoms with Crippen LogP contribution in [-0.4, -0.2) is 43.2 Å². The van der Waals surface area contributed by atoms with E-state index in [2.05, 4.69) is 0 Å². The van der Waals surface area contributed by atoms with Crippen LogP contribution < -0.4 is 0 Å². The standard InChI is InChI=1S/C16H28O6/c1-16(2,3)15(19)21-10-9-20-11-13(17)22-14(18)12-7-5-4-6-8-12/h12-13,17H,4-11H2,1-3H3. The third-order valence-electron chi connectivity index (χ3n) is 3.52. The fraction of sp³-hybridized carbons (Fsp3) is 0.875. The van der Waals surface area contributed by atoms with Crippen molar-refractivity contribution < 1.29 is 28.9 Å². The Bertz CT molecular complexity index is 354. The fourth-order valence-corrected chi connectivity index (χ4v) is 2.20. The first-order valence-corrected chi connectivity index (χ1v) is 7.94. The van der Waals surface area contributed by atoms with Gasteiger partial charge in [0.05, 0.1) is 17.9 Å². The second-order valence-corrected chi connectivity index (χ2v) is 6.69. The van der Waals surface area contributed by atoms with Gasteiger partial charge in [0.25, 0.3) is 0 Å². The predicted molar refractivity (Wildman–Crippen MR) is 79.9 cm³/mol. The van der Waals surface area contributed by atoms with Crippen molar-refractivity contribution >= 4 is 11.9 Å². The molecule has 0 amide bonds. The topological polar surface area (TPSA) is 82.1 Å². The summed E-state index contributed by atoms with van der Waals surface area (Å²) >= 11 is 0. The maximum Gasteiger partial charge on any atom is 0.311 e. The predicted octanol–water partition coefficient (Wildman–Crippen LogP) is 2.03. The van der Waals surface area contributed by atoms with Gasteiger partial charge in [0.1, 0.15) is 13.2 Å². The number of carbonyl (C=O) groups is 2. The van der Waals surface area contributed by atoms with Crippen LogP contribution in [0.25, 0.3) is 0 Å². The van der Waals surface area contributed by atoms with Gasteiger partial charge in [-0.2, -0.15) is 0 Å². The molecule has 0 saturated heterocycles. The zero-order valence-electron chi connectivity index (χ0n) is 13.8. The summed E-state index contributed by atoms with van der Waals surface area (Å²) in [6, 6.07) is 0. The lowest BCUT2D eigenvalue weighted by atomic mass is 9.89. The second-order valence-electron chi connectivity index (χ2n) is 6.69. The van der Waals surface area contributed by atoms with Gasteiger partial charge in [0, 0.05) is 0 Å². The number of rotatable bonds is 7. The molecule has 0 spiro atoms.